The van der Waals surface area contributed by atoms with E-state index in [0.29, 0.717) is 18.7 Å². The minimum Gasteiger partial charge on any atom is -0.507 e. The second-order valence-electron chi connectivity index (χ2n) is 4.76. The molecule has 0 aliphatic rings. The summed E-state index contributed by atoms with van der Waals surface area (Å²) in [5, 5.41) is 9.85. The molecule has 1 aromatic carbocycles. The van der Waals surface area contributed by atoms with Gasteiger partial charge in [-0.3, -0.25) is 4.79 Å². The number of aromatic hydroxyl groups is 1. The van der Waals surface area contributed by atoms with Gasteiger partial charge in [-0.2, -0.15) is 0 Å². The Morgan fingerprint density at radius 3 is 2.61 bits per heavy atom. The van der Waals surface area contributed by atoms with E-state index in [9.17, 15) is 9.90 Å². The maximum absolute atomic E-state index is 12.3. The van der Waals surface area contributed by atoms with Gasteiger partial charge >= 0.3 is 0 Å². The average Bonchev–Trinajstić information content (AvgIpc) is 2.28. The van der Waals surface area contributed by atoms with Crippen LogP contribution >= 0.6 is 0 Å². The van der Waals surface area contributed by atoms with Crippen LogP contribution in [-0.4, -0.2) is 35.0 Å². The number of nitrogens with zero attached hydrogens (tertiary/aromatic N) is 1. The Morgan fingerprint density at radius 2 is 2.11 bits per heavy atom. The lowest BCUT2D eigenvalue weighted by Crippen LogP contribution is -2.38. The molecule has 100 valence electrons. The molecule has 4 heteroatoms. The van der Waals surface area contributed by atoms with Crippen LogP contribution in [0, 0.1) is 6.92 Å². The number of aryl methyl sites for hydroxylation is 1. The fourth-order valence-electron chi connectivity index (χ4n) is 1.83. The summed E-state index contributed by atoms with van der Waals surface area (Å²) < 4.78 is 0. The van der Waals surface area contributed by atoms with Crippen LogP contribution in [0.15, 0.2) is 18.2 Å². The van der Waals surface area contributed by atoms with Crippen molar-refractivity contribution < 1.29 is 9.90 Å². The van der Waals surface area contributed by atoms with Crippen molar-refractivity contribution in [3.05, 3.63) is 29.3 Å². The van der Waals surface area contributed by atoms with E-state index in [1.54, 1.807) is 17.0 Å². The summed E-state index contributed by atoms with van der Waals surface area (Å²) in [5.74, 6) is -0.102. The summed E-state index contributed by atoms with van der Waals surface area (Å²) in [6.45, 7) is 6.96. The van der Waals surface area contributed by atoms with Gasteiger partial charge in [-0.1, -0.05) is 6.07 Å². The van der Waals surface area contributed by atoms with E-state index in [4.69, 9.17) is 5.73 Å². The topological polar surface area (TPSA) is 66.6 Å². The van der Waals surface area contributed by atoms with Gasteiger partial charge in [0.25, 0.3) is 5.91 Å². The molecule has 0 heterocycles. The number of phenolic OH excluding ortho intramolecular Hbond substituents is 1. The molecule has 1 aromatic rings. The number of benzene rings is 1. The van der Waals surface area contributed by atoms with Gasteiger partial charge in [0.15, 0.2) is 0 Å². The summed E-state index contributed by atoms with van der Waals surface area (Å²) in [6, 6.07) is 5.19. The van der Waals surface area contributed by atoms with Crippen LogP contribution < -0.4 is 5.73 Å². The first-order valence-corrected chi connectivity index (χ1v) is 6.28. The molecule has 0 fully saturated rings. The van der Waals surface area contributed by atoms with Crippen molar-refractivity contribution in [2.45, 2.75) is 33.2 Å². The fraction of sp³-hybridized carbons (Fsp3) is 0.500. The van der Waals surface area contributed by atoms with Gasteiger partial charge < -0.3 is 15.7 Å². The molecule has 0 radical (unpaired) electrons. The Morgan fingerprint density at radius 1 is 1.44 bits per heavy atom. The molecule has 1 amide bonds. The van der Waals surface area contributed by atoms with E-state index >= 15 is 0 Å². The van der Waals surface area contributed by atoms with Gasteiger partial charge in [-0.15, -0.1) is 0 Å². The van der Waals surface area contributed by atoms with Crippen LogP contribution in [0.4, 0.5) is 0 Å². The second-order valence-corrected chi connectivity index (χ2v) is 4.76. The lowest BCUT2D eigenvalue weighted by atomic mass is 10.1. The van der Waals surface area contributed by atoms with Gasteiger partial charge in [0, 0.05) is 12.6 Å². The lowest BCUT2D eigenvalue weighted by Gasteiger charge is -2.27. The number of amides is 1. The molecule has 0 bridgehead atoms. The third-order valence-corrected chi connectivity index (χ3v) is 2.87. The zero-order valence-corrected chi connectivity index (χ0v) is 11.3. The number of nitrogens with two attached hydrogens (primary N) is 1. The number of phenols is 1. The molecule has 0 unspecified atom stereocenters. The smallest absolute Gasteiger partial charge is 0.257 e. The molecule has 0 atom stereocenters. The molecule has 0 aliphatic heterocycles. The van der Waals surface area contributed by atoms with Crippen molar-refractivity contribution in [1.82, 2.24) is 4.90 Å². The van der Waals surface area contributed by atoms with Crippen molar-refractivity contribution in [3.8, 4) is 5.75 Å². The Labute approximate surface area is 108 Å². The van der Waals surface area contributed by atoms with Gasteiger partial charge in [-0.25, -0.2) is 0 Å². The molecule has 0 aliphatic carbocycles. The van der Waals surface area contributed by atoms with Crippen LogP contribution in [0.25, 0.3) is 0 Å². The van der Waals surface area contributed by atoms with Crippen molar-refractivity contribution in [1.29, 1.82) is 0 Å². The number of hydrogen-bond donors (Lipinski definition) is 2. The highest BCUT2D eigenvalue weighted by molar-refractivity contribution is 5.97. The maximum Gasteiger partial charge on any atom is 0.257 e. The zero-order chi connectivity index (χ0) is 13.7. The zero-order valence-electron chi connectivity index (χ0n) is 11.3. The average molecular weight is 250 g/mol. The summed E-state index contributed by atoms with van der Waals surface area (Å²) in [5.41, 5.74) is 6.76. The summed E-state index contributed by atoms with van der Waals surface area (Å²) in [4.78, 5) is 14.1. The molecule has 1 rings (SSSR count). The Hall–Kier alpha value is -1.55. The van der Waals surface area contributed by atoms with E-state index in [2.05, 4.69) is 0 Å². The standard InChI is InChI=1S/C14H22N2O2/c1-10(2)16(8-4-7-15)14(18)12-6-5-11(3)9-13(12)17/h5-6,9-10,17H,4,7-8,15H2,1-3H3. The van der Waals surface area contributed by atoms with Crippen LogP contribution in [0.5, 0.6) is 5.75 Å². The number of rotatable bonds is 5. The monoisotopic (exact) mass is 250 g/mol. The van der Waals surface area contributed by atoms with Crippen molar-refractivity contribution in [3.63, 3.8) is 0 Å². The highest BCUT2D eigenvalue weighted by Gasteiger charge is 2.20. The molecule has 18 heavy (non-hydrogen) atoms. The first-order valence-electron chi connectivity index (χ1n) is 6.28. The van der Waals surface area contributed by atoms with Crippen molar-refractivity contribution in [2.75, 3.05) is 13.1 Å². The predicted molar refractivity (Wildman–Crippen MR) is 72.7 cm³/mol. The van der Waals surface area contributed by atoms with Gasteiger partial charge in [-0.05, 0) is 51.4 Å². The summed E-state index contributed by atoms with van der Waals surface area (Å²) >= 11 is 0. The fourth-order valence-corrected chi connectivity index (χ4v) is 1.83. The Balaban J connectivity index is 2.94. The quantitative estimate of drug-likeness (QED) is 0.838. The largest absolute Gasteiger partial charge is 0.507 e. The highest BCUT2D eigenvalue weighted by Crippen LogP contribution is 2.21. The Bertz CT molecular complexity index is 416. The van der Waals surface area contributed by atoms with E-state index < -0.39 is 0 Å². The molecule has 4 nitrogen and oxygen atoms in total. The Kier molecular flexibility index (Phi) is 5.16. The first kappa shape index (κ1) is 14.5. The molecule has 0 saturated heterocycles. The SMILES string of the molecule is Cc1ccc(C(=O)N(CCCN)C(C)C)c(O)c1. The third-order valence-electron chi connectivity index (χ3n) is 2.87. The molecule has 0 spiro atoms. The van der Waals surface area contributed by atoms with Gasteiger partial charge in [0.1, 0.15) is 5.75 Å². The summed E-state index contributed by atoms with van der Waals surface area (Å²) in [7, 11) is 0. The van der Waals surface area contributed by atoms with E-state index in [-0.39, 0.29) is 17.7 Å². The molecular formula is C14H22N2O2. The second kappa shape index (κ2) is 6.40. The summed E-state index contributed by atoms with van der Waals surface area (Å²) in [6.07, 6.45) is 0.760. The van der Waals surface area contributed by atoms with Crippen LogP contribution in [0.2, 0.25) is 0 Å². The normalized spacial score (nSPS) is 10.7. The minimum atomic E-state index is -0.143. The number of hydrogen-bond acceptors (Lipinski definition) is 3. The van der Waals surface area contributed by atoms with E-state index in [1.807, 2.05) is 26.8 Å². The molecule has 0 aromatic heterocycles. The van der Waals surface area contributed by atoms with Crippen LogP contribution in [0.1, 0.15) is 36.2 Å². The highest BCUT2D eigenvalue weighted by atomic mass is 16.3. The van der Waals surface area contributed by atoms with Crippen LogP contribution in [-0.2, 0) is 0 Å². The maximum atomic E-state index is 12.3. The number of carbonyl (C=O) groups is 1. The molecule has 3 N–H and O–H groups in total. The van der Waals surface area contributed by atoms with E-state index in [0.717, 1.165) is 12.0 Å². The first-order chi connectivity index (χ1) is 8.47. The van der Waals surface area contributed by atoms with Gasteiger partial charge in [0.2, 0.25) is 0 Å². The number of carbonyl (C=O) groups excluding carboxylic acids is 1. The lowest BCUT2D eigenvalue weighted by molar-refractivity contribution is 0.0702. The van der Waals surface area contributed by atoms with E-state index in [1.165, 1.54) is 0 Å². The molecule has 0 saturated carbocycles. The van der Waals surface area contributed by atoms with Gasteiger partial charge in [0.05, 0.1) is 5.56 Å². The predicted octanol–water partition coefficient (Wildman–Crippen LogP) is 1.90. The minimum absolute atomic E-state index is 0.0402. The van der Waals surface area contributed by atoms with Crippen LogP contribution in [0.3, 0.4) is 0 Å². The van der Waals surface area contributed by atoms with Crippen molar-refractivity contribution in [2.24, 2.45) is 5.73 Å². The van der Waals surface area contributed by atoms with Crippen molar-refractivity contribution >= 4 is 5.91 Å². The molecular weight excluding hydrogens is 228 g/mol. The third kappa shape index (κ3) is 3.47.